The number of hydrogen-bond acceptors (Lipinski definition) is 5. The maximum absolute atomic E-state index is 14.1. The monoisotopic (exact) mass is 633 g/mol. The Morgan fingerprint density at radius 1 is 1.00 bits per heavy atom. The molecule has 0 saturated heterocycles. The number of rotatable bonds is 14. The Kier molecular flexibility index (Phi) is 12.1. The highest BCUT2D eigenvalue weighted by atomic mass is 35.5. The third-order valence-electron chi connectivity index (χ3n) is 6.67. The van der Waals surface area contributed by atoms with Crippen molar-refractivity contribution in [2.75, 3.05) is 24.0 Å². The normalized spacial score (nSPS) is 12.0. The Hall–Kier alpha value is -3.27. The highest BCUT2D eigenvalue weighted by Crippen LogP contribution is 2.33. The van der Waals surface area contributed by atoms with Crippen molar-refractivity contribution in [1.82, 2.24) is 10.2 Å². The minimum Gasteiger partial charge on any atom is -0.492 e. The first kappa shape index (κ1) is 33.2. The molecule has 226 valence electrons. The van der Waals surface area contributed by atoms with Gasteiger partial charge in [-0.15, -0.1) is 0 Å². The van der Waals surface area contributed by atoms with Gasteiger partial charge in [-0.1, -0.05) is 72.4 Å². The van der Waals surface area contributed by atoms with Crippen LogP contribution in [-0.4, -0.2) is 50.9 Å². The van der Waals surface area contributed by atoms with Gasteiger partial charge in [0.05, 0.1) is 17.2 Å². The van der Waals surface area contributed by atoms with Crippen molar-refractivity contribution in [2.24, 2.45) is 0 Å². The lowest BCUT2D eigenvalue weighted by Gasteiger charge is -2.32. The maximum Gasteiger partial charge on any atom is 0.264 e. The van der Waals surface area contributed by atoms with Gasteiger partial charge in [0.1, 0.15) is 18.3 Å². The molecule has 0 bridgehead atoms. The van der Waals surface area contributed by atoms with Gasteiger partial charge in [-0.05, 0) is 69.2 Å². The van der Waals surface area contributed by atoms with E-state index in [1.54, 1.807) is 68.4 Å². The zero-order valence-electron chi connectivity index (χ0n) is 24.3. The second-order valence-electron chi connectivity index (χ2n) is 9.80. The number of carbonyl (C=O) groups is 2. The third-order valence-corrected chi connectivity index (χ3v) is 9.04. The van der Waals surface area contributed by atoms with Crippen molar-refractivity contribution < 1.29 is 22.7 Å². The van der Waals surface area contributed by atoms with E-state index in [-0.39, 0.29) is 23.0 Å². The van der Waals surface area contributed by atoms with Crippen molar-refractivity contribution in [3.8, 4) is 5.75 Å². The fraction of sp³-hybridized carbons (Fsp3) is 0.355. The quantitative estimate of drug-likeness (QED) is 0.212. The molecule has 0 aliphatic heterocycles. The van der Waals surface area contributed by atoms with Crippen molar-refractivity contribution in [3.05, 3.63) is 87.9 Å². The van der Waals surface area contributed by atoms with Crippen LogP contribution in [0.2, 0.25) is 10.0 Å². The van der Waals surface area contributed by atoms with Crippen LogP contribution < -0.4 is 14.4 Å². The van der Waals surface area contributed by atoms with Gasteiger partial charge in [0, 0.05) is 23.1 Å². The SMILES string of the molecule is CCCCNC(=O)[C@@H](C)N(Cc1ccc(Cl)cc1Cl)C(=O)CN(c1ccccc1OCC)S(=O)(=O)c1ccc(C)cc1. The number of nitrogens with one attached hydrogen (secondary N) is 1. The Bertz CT molecular complexity index is 1480. The lowest BCUT2D eigenvalue weighted by molar-refractivity contribution is -0.139. The molecule has 0 aliphatic carbocycles. The average molecular weight is 635 g/mol. The van der Waals surface area contributed by atoms with E-state index in [1.807, 2.05) is 13.8 Å². The Morgan fingerprint density at radius 2 is 1.69 bits per heavy atom. The van der Waals surface area contributed by atoms with Gasteiger partial charge in [0.15, 0.2) is 0 Å². The molecule has 0 saturated carbocycles. The molecule has 1 N–H and O–H groups in total. The Labute approximate surface area is 258 Å². The molecule has 8 nitrogen and oxygen atoms in total. The van der Waals surface area contributed by atoms with Gasteiger partial charge in [-0.3, -0.25) is 13.9 Å². The number of halogens is 2. The number of aryl methyl sites for hydroxylation is 1. The number of carbonyl (C=O) groups excluding carboxylic acids is 2. The summed E-state index contributed by atoms with van der Waals surface area (Å²) in [6.45, 7) is 7.39. The zero-order chi connectivity index (χ0) is 30.9. The number of amides is 2. The number of sulfonamides is 1. The standard InChI is InChI=1S/C31H37Cl2N3O5S/c1-5-7-18-34-31(38)23(4)35(20-24-14-15-25(32)19-27(24)33)30(37)21-36(28-10-8-9-11-29(28)41-6-2)42(39,40)26-16-12-22(3)13-17-26/h8-17,19,23H,5-7,18,20-21H2,1-4H3,(H,34,38)/t23-/m1/s1. The van der Waals surface area contributed by atoms with Crippen LogP contribution in [0, 0.1) is 6.92 Å². The minimum absolute atomic E-state index is 0.0184. The minimum atomic E-state index is -4.23. The van der Waals surface area contributed by atoms with Crippen LogP contribution in [0.15, 0.2) is 71.6 Å². The summed E-state index contributed by atoms with van der Waals surface area (Å²) in [4.78, 5) is 28.6. The molecule has 0 unspecified atom stereocenters. The summed E-state index contributed by atoms with van der Waals surface area (Å²) in [6, 6.07) is 17.0. The maximum atomic E-state index is 14.1. The fourth-order valence-electron chi connectivity index (χ4n) is 4.24. The van der Waals surface area contributed by atoms with Crippen molar-refractivity contribution in [3.63, 3.8) is 0 Å². The first-order valence-corrected chi connectivity index (χ1v) is 16.0. The highest BCUT2D eigenvalue weighted by molar-refractivity contribution is 7.92. The van der Waals surface area contributed by atoms with E-state index in [2.05, 4.69) is 5.32 Å². The molecule has 2 amide bonds. The van der Waals surface area contributed by atoms with Gasteiger partial charge in [-0.2, -0.15) is 0 Å². The molecular weight excluding hydrogens is 597 g/mol. The van der Waals surface area contributed by atoms with Crippen LogP contribution in [0.25, 0.3) is 0 Å². The summed E-state index contributed by atoms with van der Waals surface area (Å²) in [6.07, 6.45) is 1.68. The molecular formula is C31H37Cl2N3O5S. The first-order chi connectivity index (χ1) is 20.0. The number of unbranched alkanes of at least 4 members (excludes halogenated alkanes) is 1. The van der Waals surface area contributed by atoms with E-state index in [4.69, 9.17) is 27.9 Å². The molecule has 3 aromatic rings. The van der Waals surface area contributed by atoms with E-state index in [1.165, 1.54) is 17.0 Å². The van der Waals surface area contributed by atoms with Crippen molar-refractivity contribution in [2.45, 2.75) is 58.0 Å². The second kappa shape index (κ2) is 15.3. The average Bonchev–Trinajstić information content (AvgIpc) is 2.96. The van der Waals surface area contributed by atoms with Crippen LogP contribution in [-0.2, 0) is 26.2 Å². The zero-order valence-corrected chi connectivity index (χ0v) is 26.6. The molecule has 3 rings (SSSR count). The van der Waals surface area contributed by atoms with Gasteiger partial charge in [0.2, 0.25) is 11.8 Å². The molecule has 0 heterocycles. The second-order valence-corrected chi connectivity index (χ2v) is 12.5. The predicted octanol–water partition coefficient (Wildman–Crippen LogP) is 6.23. The van der Waals surface area contributed by atoms with Gasteiger partial charge < -0.3 is 15.0 Å². The molecule has 0 fully saturated rings. The molecule has 42 heavy (non-hydrogen) atoms. The van der Waals surface area contributed by atoms with Gasteiger partial charge >= 0.3 is 0 Å². The summed E-state index contributed by atoms with van der Waals surface area (Å²) in [5, 5.41) is 3.61. The lowest BCUT2D eigenvalue weighted by atomic mass is 10.1. The van der Waals surface area contributed by atoms with Crippen molar-refractivity contribution in [1.29, 1.82) is 0 Å². The molecule has 0 radical (unpaired) electrons. The summed E-state index contributed by atoms with van der Waals surface area (Å²) in [5.41, 5.74) is 1.66. The number of para-hydroxylation sites is 2. The number of ether oxygens (including phenoxy) is 1. The van der Waals surface area contributed by atoms with Crippen LogP contribution in [0.3, 0.4) is 0 Å². The summed E-state index contributed by atoms with van der Waals surface area (Å²) in [7, 11) is -4.23. The number of anilines is 1. The number of nitrogens with zero attached hydrogens (tertiary/aromatic N) is 2. The highest BCUT2D eigenvalue weighted by Gasteiger charge is 2.34. The van der Waals surface area contributed by atoms with E-state index in [9.17, 15) is 18.0 Å². The topological polar surface area (TPSA) is 96.0 Å². The predicted molar refractivity (Wildman–Crippen MR) is 168 cm³/mol. The van der Waals surface area contributed by atoms with Gasteiger partial charge in [0.25, 0.3) is 10.0 Å². The third kappa shape index (κ3) is 8.40. The fourth-order valence-corrected chi connectivity index (χ4v) is 6.14. The van der Waals surface area contributed by atoms with Crippen LogP contribution in [0.1, 0.15) is 44.7 Å². The summed E-state index contributed by atoms with van der Waals surface area (Å²) < 4.78 is 34.9. The summed E-state index contributed by atoms with van der Waals surface area (Å²) in [5.74, 6) is -0.646. The lowest BCUT2D eigenvalue weighted by Crippen LogP contribution is -2.51. The number of benzene rings is 3. The van der Waals surface area contributed by atoms with E-state index in [0.29, 0.717) is 34.5 Å². The molecule has 0 spiro atoms. The molecule has 3 aromatic carbocycles. The molecule has 11 heteroatoms. The van der Waals surface area contributed by atoms with Gasteiger partial charge in [-0.25, -0.2) is 8.42 Å². The van der Waals surface area contributed by atoms with E-state index >= 15 is 0 Å². The molecule has 0 aromatic heterocycles. The Morgan fingerprint density at radius 3 is 2.33 bits per heavy atom. The van der Waals surface area contributed by atoms with E-state index < -0.39 is 28.5 Å². The molecule has 0 aliphatic rings. The van der Waals surface area contributed by atoms with Crippen LogP contribution >= 0.6 is 23.2 Å². The smallest absolute Gasteiger partial charge is 0.264 e. The van der Waals surface area contributed by atoms with E-state index in [0.717, 1.165) is 22.7 Å². The molecule has 1 atom stereocenters. The Balaban J connectivity index is 2.07. The number of hydrogen-bond donors (Lipinski definition) is 1. The van der Waals surface area contributed by atoms with Crippen LogP contribution in [0.5, 0.6) is 5.75 Å². The largest absolute Gasteiger partial charge is 0.492 e. The van der Waals surface area contributed by atoms with Crippen molar-refractivity contribution >= 4 is 50.7 Å². The summed E-state index contributed by atoms with van der Waals surface area (Å²) >= 11 is 12.5. The van der Waals surface area contributed by atoms with Crippen LogP contribution in [0.4, 0.5) is 5.69 Å². The first-order valence-electron chi connectivity index (χ1n) is 13.8.